The number of hydrogen-bond donors (Lipinski definition) is 1. The van der Waals surface area contributed by atoms with Crippen LogP contribution in [0, 0.1) is 22.0 Å². The van der Waals surface area contributed by atoms with E-state index in [1.54, 1.807) is 4.90 Å². The Hall–Kier alpha value is -2.11. The van der Waals surface area contributed by atoms with Gasteiger partial charge in [-0.05, 0) is 24.0 Å². The fourth-order valence-corrected chi connectivity index (χ4v) is 2.15. The Morgan fingerprint density at radius 2 is 1.76 bits per heavy atom. The van der Waals surface area contributed by atoms with Crippen molar-refractivity contribution in [1.29, 1.82) is 0 Å². The molecule has 1 amide bonds. The predicted molar refractivity (Wildman–Crippen MR) is 80.3 cm³/mol. The van der Waals surface area contributed by atoms with Crippen molar-refractivity contribution in [3.05, 3.63) is 33.9 Å². The highest BCUT2D eigenvalue weighted by molar-refractivity contribution is 5.98. The van der Waals surface area contributed by atoms with Crippen molar-refractivity contribution in [2.75, 3.05) is 13.1 Å². The summed E-state index contributed by atoms with van der Waals surface area (Å²) in [5.41, 5.74) is -0.350. The molecule has 0 aliphatic heterocycles. The van der Waals surface area contributed by atoms with Gasteiger partial charge >= 0.3 is 0 Å². The van der Waals surface area contributed by atoms with Gasteiger partial charge in [-0.2, -0.15) is 0 Å². The van der Waals surface area contributed by atoms with Crippen LogP contribution < -0.4 is 0 Å². The number of rotatable bonds is 6. The van der Waals surface area contributed by atoms with E-state index in [1.807, 2.05) is 27.7 Å². The molecule has 0 fully saturated rings. The summed E-state index contributed by atoms with van der Waals surface area (Å²) < 4.78 is 0. The third kappa shape index (κ3) is 4.73. The first-order chi connectivity index (χ1) is 9.72. The second-order valence-corrected chi connectivity index (χ2v) is 5.96. The van der Waals surface area contributed by atoms with E-state index in [1.165, 1.54) is 6.07 Å². The van der Waals surface area contributed by atoms with Crippen LogP contribution in [0.15, 0.2) is 18.2 Å². The molecule has 0 aliphatic rings. The summed E-state index contributed by atoms with van der Waals surface area (Å²) in [6.07, 6.45) is 0. The van der Waals surface area contributed by atoms with E-state index < -0.39 is 10.8 Å². The molecule has 1 rings (SSSR count). The minimum atomic E-state index is -0.602. The van der Waals surface area contributed by atoms with Gasteiger partial charge in [0.15, 0.2) is 0 Å². The molecule has 0 spiro atoms. The van der Waals surface area contributed by atoms with Gasteiger partial charge in [0.1, 0.15) is 11.3 Å². The van der Waals surface area contributed by atoms with Gasteiger partial charge in [0, 0.05) is 19.2 Å². The lowest BCUT2D eigenvalue weighted by Gasteiger charge is -2.26. The van der Waals surface area contributed by atoms with Crippen LogP contribution in [0.3, 0.4) is 0 Å². The van der Waals surface area contributed by atoms with Crippen LogP contribution in [-0.4, -0.2) is 33.9 Å². The van der Waals surface area contributed by atoms with Crippen LogP contribution >= 0.6 is 0 Å². The molecule has 0 saturated heterocycles. The molecular formula is C15H22N2O4. The molecule has 0 unspecified atom stereocenters. The van der Waals surface area contributed by atoms with E-state index in [-0.39, 0.29) is 28.8 Å². The normalized spacial score (nSPS) is 11.0. The number of amides is 1. The van der Waals surface area contributed by atoms with Crippen LogP contribution in [0.5, 0.6) is 5.75 Å². The first kappa shape index (κ1) is 16.9. The van der Waals surface area contributed by atoms with Gasteiger partial charge in [-0.25, -0.2) is 0 Å². The highest BCUT2D eigenvalue weighted by Crippen LogP contribution is 2.25. The monoisotopic (exact) mass is 294 g/mol. The van der Waals surface area contributed by atoms with E-state index >= 15 is 0 Å². The Morgan fingerprint density at radius 3 is 2.19 bits per heavy atom. The Bertz CT molecular complexity index is 516. The summed E-state index contributed by atoms with van der Waals surface area (Å²) in [6, 6.07) is 3.53. The number of carbonyl (C=O) groups is 1. The highest BCUT2D eigenvalue weighted by Gasteiger charge is 2.26. The van der Waals surface area contributed by atoms with E-state index in [2.05, 4.69) is 0 Å². The van der Waals surface area contributed by atoms with Crippen LogP contribution in [0.1, 0.15) is 38.1 Å². The fourth-order valence-electron chi connectivity index (χ4n) is 2.15. The predicted octanol–water partition coefficient (Wildman–Crippen LogP) is 3.05. The Morgan fingerprint density at radius 1 is 1.24 bits per heavy atom. The number of nitro benzene ring substituents is 1. The van der Waals surface area contributed by atoms with Crippen molar-refractivity contribution in [2.45, 2.75) is 27.7 Å². The third-order valence-electron chi connectivity index (χ3n) is 2.87. The maximum atomic E-state index is 12.6. The van der Waals surface area contributed by atoms with E-state index in [0.717, 1.165) is 12.1 Å². The van der Waals surface area contributed by atoms with Crippen LogP contribution in [0.25, 0.3) is 0 Å². The number of nitro groups is 1. The van der Waals surface area contributed by atoms with Gasteiger partial charge < -0.3 is 10.0 Å². The molecule has 21 heavy (non-hydrogen) atoms. The van der Waals surface area contributed by atoms with Crippen LogP contribution in [-0.2, 0) is 0 Å². The van der Waals surface area contributed by atoms with Gasteiger partial charge in [0.05, 0.1) is 4.92 Å². The van der Waals surface area contributed by atoms with Gasteiger partial charge in [0.25, 0.3) is 11.6 Å². The Kier molecular flexibility index (Phi) is 5.69. The number of benzene rings is 1. The smallest absolute Gasteiger partial charge is 0.282 e. The number of phenolic OH excluding ortho intramolecular Hbond substituents is 1. The Balaban J connectivity index is 3.18. The largest absolute Gasteiger partial charge is 0.508 e. The Labute approximate surface area is 124 Å². The number of hydrogen-bond acceptors (Lipinski definition) is 4. The second kappa shape index (κ2) is 7.06. The van der Waals surface area contributed by atoms with Gasteiger partial charge in [-0.3, -0.25) is 14.9 Å². The zero-order chi connectivity index (χ0) is 16.2. The zero-order valence-corrected chi connectivity index (χ0v) is 12.9. The summed E-state index contributed by atoms with van der Waals surface area (Å²) in [5.74, 6) is -0.0638. The molecule has 1 aromatic carbocycles. The SMILES string of the molecule is CC(C)CN(CC(C)C)C(=O)c1cc(O)ccc1[N+](=O)[O-]. The average Bonchev–Trinajstić information content (AvgIpc) is 2.35. The molecule has 0 aromatic heterocycles. The van der Waals surface area contributed by atoms with Crippen molar-refractivity contribution in [1.82, 2.24) is 4.90 Å². The molecule has 116 valence electrons. The maximum Gasteiger partial charge on any atom is 0.282 e. The minimum absolute atomic E-state index is 0.0682. The molecule has 0 saturated carbocycles. The quantitative estimate of drug-likeness (QED) is 0.645. The van der Waals surface area contributed by atoms with Crippen molar-refractivity contribution < 1.29 is 14.8 Å². The lowest BCUT2D eigenvalue weighted by atomic mass is 10.1. The van der Waals surface area contributed by atoms with Crippen molar-refractivity contribution >= 4 is 11.6 Å². The van der Waals surface area contributed by atoms with Gasteiger partial charge in [-0.1, -0.05) is 27.7 Å². The fraction of sp³-hybridized carbons (Fsp3) is 0.533. The molecule has 6 nitrogen and oxygen atoms in total. The topological polar surface area (TPSA) is 83.7 Å². The molecule has 0 radical (unpaired) electrons. The molecule has 6 heteroatoms. The van der Waals surface area contributed by atoms with Crippen LogP contribution in [0.4, 0.5) is 5.69 Å². The molecular weight excluding hydrogens is 272 g/mol. The number of nitrogens with zero attached hydrogens (tertiary/aromatic N) is 2. The number of aromatic hydroxyl groups is 1. The summed E-state index contributed by atoms with van der Waals surface area (Å²) in [5, 5.41) is 20.6. The van der Waals surface area contributed by atoms with Gasteiger partial charge in [0.2, 0.25) is 0 Å². The zero-order valence-electron chi connectivity index (χ0n) is 12.9. The number of phenols is 1. The molecule has 0 heterocycles. The van der Waals surface area contributed by atoms with Crippen molar-refractivity contribution in [3.8, 4) is 5.75 Å². The third-order valence-corrected chi connectivity index (χ3v) is 2.87. The van der Waals surface area contributed by atoms with Crippen molar-refractivity contribution in [2.24, 2.45) is 11.8 Å². The number of carbonyl (C=O) groups excluding carboxylic acids is 1. The van der Waals surface area contributed by atoms with E-state index in [4.69, 9.17) is 0 Å². The standard InChI is InChI=1S/C15H22N2O4/c1-10(2)8-16(9-11(3)4)15(19)13-7-12(18)5-6-14(13)17(20)21/h5-7,10-11,18H,8-9H2,1-4H3. The first-order valence-corrected chi connectivity index (χ1v) is 6.99. The molecule has 0 bridgehead atoms. The maximum absolute atomic E-state index is 12.6. The first-order valence-electron chi connectivity index (χ1n) is 6.99. The molecule has 1 N–H and O–H groups in total. The average molecular weight is 294 g/mol. The van der Waals surface area contributed by atoms with E-state index in [0.29, 0.717) is 13.1 Å². The second-order valence-electron chi connectivity index (χ2n) is 5.96. The van der Waals surface area contributed by atoms with Gasteiger partial charge in [-0.15, -0.1) is 0 Å². The summed E-state index contributed by atoms with van der Waals surface area (Å²) in [4.78, 5) is 24.7. The molecule has 1 aromatic rings. The lowest BCUT2D eigenvalue weighted by Crippen LogP contribution is -2.37. The summed E-state index contributed by atoms with van der Waals surface area (Å²) in [7, 11) is 0. The minimum Gasteiger partial charge on any atom is -0.508 e. The molecule has 0 atom stereocenters. The highest BCUT2D eigenvalue weighted by atomic mass is 16.6. The lowest BCUT2D eigenvalue weighted by molar-refractivity contribution is -0.385. The summed E-state index contributed by atoms with van der Waals surface area (Å²) >= 11 is 0. The van der Waals surface area contributed by atoms with E-state index in [9.17, 15) is 20.0 Å². The molecule has 0 aliphatic carbocycles. The van der Waals surface area contributed by atoms with Crippen LogP contribution in [0.2, 0.25) is 0 Å². The summed E-state index contributed by atoms with van der Waals surface area (Å²) in [6.45, 7) is 8.97. The van der Waals surface area contributed by atoms with Crippen molar-refractivity contribution in [3.63, 3.8) is 0 Å².